The van der Waals surface area contributed by atoms with Crippen LogP contribution in [0.3, 0.4) is 0 Å². The van der Waals surface area contributed by atoms with Crippen LogP contribution in [0.15, 0.2) is 48.5 Å². The van der Waals surface area contributed by atoms with Gasteiger partial charge in [0.1, 0.15) is 6.61 Å². The minimum Gasteiger partial charge on any atom is -0.493 e. The van der Waals surface area contributed by atoms with Crippen molar-refractivity contribution in [2.24, 2.45) is 5.73 Å². The van der Waals surface area contributed by atoms with E-state index in [-0.39, 0.29) is 0 Å². The summed E-state index contributed by atoms with van der Waals surface area (Å²) in [5, 5.41) is 0.645. The predicted octanol–water partition coefficient (Wildman–Crippen LogP) is 3.43. The molecule has 0 atom stereocenters. The molecule has 4 nitrogen and oxygen atoms in total. The Morgan fingerprint density at radius 2 is 2.00 bits per heavy atom. The van der Waals surface area contributed by atoms with Crippen LogP contribution in [0.4, 0.5) is 0 Å². The summed E-state index contributed by atoms with van der Waals surface area (Å²) >= 11 is 6.11. The number of carbonyl (C=O) groups excluding carboxylic acids is 1. The molecule has 22 heavy (non-hydrogen) atoms. The Morgan fingerprint density at radius 3 is 2.68 bits per heavy atom. The number of ether oxygens (including phenoxy) is 2. The molecular weight excluding hydrogens is 302 g/mol. The summed E-state index contributed by atoms with van der Waals surface area (Å²) in [7, 11) is 1.57. The number of rotatable bonds is 6. The topological polar surface area (TPSA) is 61.5 Å². The highest BCUT2D eigenvalue weighted by Gasteiger charge is 2.07. The summed E-state index contributed by atoms with van der Waals surface area (Å²) in [5.74, 6) is 0.659. The molecule has 0 bridgehead atoms. The van der Waals surface area contributed by atoms with Crippen molar-refractivity contribution in [3.05, 3.63) is 64.7 Å². The van der Waals surface area contributed by atoms with E-state index in [1.54, 1.807) is 31.4 Å². The monoisotopic (exact) mass is 317 g/mol. The van der Waals surface area contributed by atoms with Crippen LogP contribution in [0.5, 0.6) is 11.5 Å². The van der Waals surface area contributed by atoms with Gasteiger partial charge < -0.3 is 15.2 Å². The van der Waals surface area contributed by atoms with Gasteiger partial charge in [-0.25, -0.2) is 0 Å². The van der Waals surface area contributed by atoms with Crippen LogP contribution in [0, 0.1) is 0 Å². The first-order chi connectivity index (χ1) is 10.6. The SMILES string of the molecule is COc1ccc(/C=C/C(N)=O)cc1OCc1ccccc1Cl. The number of nitrogens with two attached hydrogens (primary N) is 1. The molecule has 0 aliphatic rings. The van der Waals surface area contributed by atoms with Gasteiger partial charge in [-0.15, -0.1) is 0 Å². The van der Waals surface area contributed by atoms with Crippen molar-refractivity contribution in [3.63, 3.8) is 0 Å². The number of halogens is 1. The van der Waals surface area contributed by atoms with Crippen molar-refractivity contribution in [3.8, 4) is 11.5 Å². The third-order valence-electron chi connectivity index (χ3n) is 2.97. The third kappa shape index (κ3) is 4.27. The highest BCUT2D eigenvalue weighted by atomic mass is 35.5. The lowest BCUT2D eigenvalue weighted by Crippen LogP contribution is -2.05. The van der Waals surface area contributed by atoms with Gasteiger partial charge in [-0.05, 0) is 29.8 Å². The van der Waals surface area contributed by atoms with E-state index in [0.717, 1.165) is 11.1 Å². The standard InChI is InChI=1S/C17H16ClNO3/c1-21-15-8-6-12(7-9-17(19)20)10-16(15)22-11-13-4-2-3-5-14(13)18/h2-10H,11H2,1H3,(H2,19,20)/b9-7+. The summed E-state index contributed by atoms with van der Waals surface area (Å²) in [6, 6.07) is 12.8. The fraction of sp³-hybridized carbons (Fsp3) is 0.118. The molecule has 0 fully saturated rings. The summed E-state index contributed by atoms with van der Waals surface area (Å²) in [6.07, 6.45) is 2.91. The molecule has 2 N–H and O–H groups in total. The van der Waals surface area contributed by atoms with E-state index < -0.39 is 5.91 Å². The van der Waals surface area contributed by atoms with Crippen LogP contribution in [-0.2, 0) is 11.4 Å². The van der Waals surface area contributed by atoms with Gasteiger partial charge in [-0.2, -0.15) is 0 Å². The first-order valence-corrected chi connectivity index (χ1v) is 6.99. The molecule has 0 unspecified atom stereocenters. The van der Waals surface area contributed by atoms with Gasteiger partial charge in [-0.1, -0.05) is 35.9 Å². The first kappa shape index (κ1) is 15.9. The van der Waals surface area contributed by atoms with Gasteiger partial charge in [-0.3, -0.25) is 4.79 Å². The molecule has 0 radical (unpaired) electrons. The number of hydrogen-bond donors (Lipinski definition) is 1. The van der Waals surface area contributed by atoms with Gasteiger partial charge >= 0.3 is 0 Å². The summed E-state index contributed by atoms with van der Waals surface area (Å²) in [4.78, 5) is 10.8. The van der Waals surface area contributed by atoms with Crippen molar-refractivity contribution >= 4 is 23.6 Å². The fourth-order valence-electron chi connectivity index (χ4n) is 1.86. The van der Waals surface area contributed by atoms with Crippen molar-refractivity contribution < 1.29 is 14.3 Å². The molecule has 0 saturated heterocycles. The molecule has 2 aromatic rings. The van der Waals surface area contributed by atoms with Crippen LogP contribution < -0.4 is 15.2 Å². The quantitative estimate of drug-likeness (QED) is 0.830. The average molecular weight is 318 g/mol. The maximum Gasteiger partial charge on any atom is 0.241 e. The van der Waals surface area contributed by atoms with Crippen molar-refractivity contribution in [1.82, 2.24) is 0 Å². The number of amides is 1. The lowest BCUT2D eigenvalue weighted by molar-refractivity contribution is -0.113. The lowest BCUT2D eigenvalue weighted by atomic mass is 10.2. The van der Waals surface area contributed by atoms with E-state index in [0.29, 0.717) is 23.1 Å². The molecule has 114 valence electrons. The van der Waals surface area contributed by atoms with Gasteiger partial charge in [0.2, 0.25) is 5.91 Å². The van der Waals surface area contributed by atoms with Gasteiger partial charge in [0.05, 0.1) is 7.11 Å². The van der Waals surface area contributed by atoms with E-state index in [1.807, 2.05) is 24.3 Å². The van der Waals surface area contributed by atoms with E-state index in [2.05, 4.69) is 0 Å². The fourth-order valence-corrected chi connectivity index (χ4v) is 2.05. The number of benzene rings is 2. The first-order valence-electron chi connectivity index (χ1n) is 6.62. The molecule has 0 spiro atoms. The zero-order chi connectivity index (χ0) is 15.9. The van der Waals surface area contributed by atoms with Crippen LogP contribution in [0.2, 0.25) is 5.02 Å². The molecule has 2 aromatic carbocycles. The Morgan fingerprint density at radius 1 is 1.23 bits per heavy atom. The van der Waals surface area contributed by atoms with Crippen LogP contribution >= 0.6 is 11.6 Å². The third-order valence-corrected chi connectivity index (χ3v) is 3.34. The van der Waals surface area contributed by atoms with Gasteiger partial charge in [0.25, 0.3) is 0 Å². The molecule has 0 aliphatic heterocycles. The van der Waals surface area contributed by atoms with Crippen molar-refractivity contribution in [1.29, 1.82) is 0 Å². The Labute approximate surface area is 134 Å². The second kappa shape index (κ2) is 7.52. The van der Waals surface area contributed by atoms with Crippen molar-refractivity contribution in [2.75, 3.05) is 7.11 Å². The van der Waals surface area contributed by atoms with Gasteiger partial charge in [0, 0.05) is 16.7 Å². The highest BCUT2D eigenvalue weighted by molar-refractivity contribution is 6.31. The number of carbonyl (C=O) groups is 1. The second-order valence-electron chi connectivity index (χ2n) is 4.53. The molecule has 0 heterocycles. The van der Waals surface area contributed by atoms with Gasteiger partial charge in [0.15, 0.2) is 11.5 Å². The Bertz CT molecular complexity index is 698. The number of methoxy groups -OCH3 is 1. The molecule has 0 aliphatic carbocycles. The van der Waals surface area contributed by atoms with Crippen molar-refractivity contribution in [2.45, 2.75) is 6.61 Å². The van der Waals surface area contributed by atoms with E-state index in [9.17, 15) is 4.79 Å². The molecule has 0 saturated carbocycles. The largest absolute Gasteiger partial charge is 0.493 e. The molecule has 2 rings (SSSR count). The Kier molecular flexibility index (Phi) is 5.44. The molecule has 0 aromatic heterocycles. The minimum atomic E-state index is -0.505. The summed E-state index contributed by atoms with van der Waals surface area (Å²) < 4.78 is 11.1. The maximum atomic E-state index is 10.8. The smallest absolute Gasteiger partial charge is 0.241 e. The average Bonchev–Trinajstić information content (AvgIpc) is 2.52. The van der Waals surface area contributed by atoms with E-state index >= 15 is 0 Å². The molecule has 1 amide bonds. The summed E-state index contributed by atoms with van der Waals surface area (Å²) in [6.45, 7) is 0.318. The van der Waals surface area contributed by atoms with Crippen LogP contribution in [-0.4, -0.2) is 13.0 Å². The Hall–Kier alpha value is -2.46. The van der Waals surface area contributed by atoms with Crippen LogP contribution in [0.25, 0.3) is 6.08 Å². The van der Waals surface area contributed by atoms with E-state index in [1.165, 1.54) is 6.08 Å². The lowest BCUT2D eigenvalue weighted by Gasteiger charge is -2.12. The van der Waals surface area contributed by atoms with E-state index in [4.69, 9.17) is 26.8 Å². The minimum absolute atomic E-state index is 0.318. The second-order valence-corrected chi connectivity index (χ2v) is 4.93. The molecular formula is C17H16ClNO3. The zero-order valence-corrected chi connectivity index (χ0v) is 12.8. The predicted molar refractivity (Wildman–Crippen MR) is 87.0 cm³/mol. The number of primary amides is 1. The maximum absolute atomic E-state index is 10.8. The number of hydrogen-bond acceptors (Lipinski definition) is 3. The molecule has 5 heteroatoms. The zero-order valence-electron chi connectivity index (χ0n) is 12.1. The normalized spacial score (nSPS) is 10.6. The summed E-state index contributed by atoms with van der Waals surface area (Å²) in [5.41, 5.74) is 6.75. The van der Waals surface area contributed by atoms with Crippen LogP contribution in [0.1, 0.15) is 11.1 Å². The Balaban J connectivity index is 2.19. The highest BCUT2D eigenvalue weighted by Crippen LogP contribution is 2.30.